The molecule has 0 aliphatic heterocycles. The van der Waals surface area contributed by atoms with Crippen molar-refractivity contribution in [1.29, 1.82) is 0 Å². The van der Waals surface area contributed by atoms with E-state index in [0.29, 0.717) is 23.9 Å². The topological polar surface area (TPSA) is 38.3 Å². The molecular formula is C16H21BrFNO2. The first-order valence-electron chi connectivity index (χ1n) is 7.33. The zero-order chi connectivity index (χ0) is 15.2. The normalized spacial score (nSPS) is 21.9. The molecule has 116 valence electrons. The second-order valence-electron chi connectivity index (χ2n) is 5.52. The smallest absolute Gasteiger partial charge is 0.251 e. The molecule has 2 atom stereocenters. The second-order valence-corrected chi connectivity index (χ2v) is 6.17. The maximum Gasteiger partial charge on any atom is 0.251 e. The lowest BCUT2D eigenvalue weighted by Crippen LogP contribution is -2.34. The summed E-state index contributed by atoms with van der Waals surface area (Å²) in [7, 11) is 1.39. The summed E-state index contributed by atoms with van der Waals surface area (Å²) in [5, 5.41) is 3.95. The third-order valence-corrected chi connectivity index (χ3v) is 5.03. The number of ether oxygens (including phenoxy) is 1. The van der Waals surface area contributed by atoms with Gasteiger partial charge >= 0.3 is 0 Å². The molecule has 2 unspecified atom stereocenters. The number of halogens is 2. The third kappa shape index (κ3) is 4.19. The lowest BCUT2D eigenvalue weighted by atomic mass is 9.80. The van der Waals surface area contributed by atoms with Gasteiger partial charge in [0.1, 0.15) is 0 Å². The average molecular weight is 358 g/mol. The summed E-state index contributed by atoms with van der Waals surface area (Å²) in [6, 6.07) is 4.18. The van der Waals surface area contributed by atoms with Crippen LogP contribution in [0, 0.1) is 17.7 Å². The number of carbonyl (C=O) groups excluding carboxylic acids is 1. The second kappa shape index (κ2) is 7.78. The van der Waals surface area contributed by atoms with Crippen LogP contribution in [0.3, 0.4) is 0 Å². The van der Waals surface area contributed by atoms with Gasteiger partial charge in [0.25, 0.3) is 5.91 Å². The molecule has 0 radical (unpaired) electrons. The van der Waals surface area contributed by atoms with E-state index < -0.39 is 5.82 Å². The average Bonchev–Trinajstić information content (AvgIpc) is 2.53. The van der Waals surface area contributed by atoms with Crippen LogP contribution in [0.2, 0.25) is 0 Å². The number of hydrogen-bond donors (Lipinski definition) is 1. The van der Waals surface area contributed by atoms with Crippen LogP contribution in [0.25, 0.3) is 0 Å². The minimum absolute atomic E-state index is 0.0960. The lowest BCUT2D eigenvalue weighted by Gasteiger charge is -2.30. The van der Waals surface area contributed by atoms with Gasteiger partial charge in [0, 0.05) is 17.4 Å². The van der Waals surface area contributed by atoms with Crippen molar-refractivity contribution in [3.8, 4) is 5.75 Å². The zero-order valence-corrected chi connectivity index (χ0v) is 13.8. The molecule has 1 amide bonds. The van der Waals surface area contributed by atoms with Crippen LogP contribution < -0.4 is 10.1 Å². The molecule has 21 heavy (non-hydrogen) atoms. The molecule has 0 bridgehead atoms. The van der Waals surface area contributed by atoms with Gasteiger partial charge in [-0.2, -0.15) is 0 Å². The van der Waals surface area contributed by atoms with E-state index in [1.807, 2.05) is 0 Å². The highest BCUT2D eigenvalue weighted by molar-refractivity contribution is 9.09. The first-order chi connectivity index (χ1) is 10.2. The summed E-state index contributed by atoms with van der Waals surface area (Å²) in [4.78, 5) is 12.2. The standard InChI is InChI=1S/C16H21BrFNO2/c1-21-15-8-11(6-7-14(15)18)16(20)19-10-13-5-3-2-4-12(13)9-17/h6-8,12-13H,2-5,9-10H2,1H3,(H,19,20). The predicted octanol–water partition coefficient (Wildman–Crippen LogP) is 3.77. The highest BCUT2D eigenvalue weighted by atomic mass is 79.9. The molecule has 2 rings (SSSR count). The van der Waals surface area contributed by atoms with Crippen molar-refractivity contribution in [2.75, 3.05) is 19.0 Å². The number of carbonyl (C=O) groups is 1. The van der Waals surface area contributed by atoms with Crippen LogP contribution in [0.5, 0.6) is 5.75 Å². The van der Waals surface area contributed by atoms with Crippen LogP contribution >= 0.6 is 15.9 Å². The summed E-state index contributed by atoms with van der Waals surface area (Å²) in [6.45, 7) is 0.675. The fraction of sp³-hybridized carbons (Fsp3) is 0.562. The Hall–Kier alpha value is -1.10. The summed E-state index contributed by atoms with van der Waals surface area (Å²) in [5.41, 5.74) is 0.430. The molecule has 0 saturated heterocycles. The first-order valence-corrected chi connectivity index (χ1v) is 8.45. The Labute approximate surface area is 133 Å². The molecule has 5 heteroatoms. The van der Waals surface area contributed by atoms with Gasteiger partial charge in [0.15, 0.2) is 11.6 Å². The van der Waals surface area contributed by atoms with E-state index in [-0.39, 0.29) is 11.7 Å². The quantitative estimate of drug-likeness (QED) is 0.814. The van der Waals surface area contributed by atoms with Crippen molar-refractivity contribution in [2.45, 2.75) is 25.7 Å². The van der Waals surface area contributed by atoms with Gasteiger partial charge < -0.3 is 10.1 Å². The molecule has 1 fully saturated rings. The SMILES string of the molecule is COc1cc(C(=O)NCC2CCCCC2CBr)ccc1F. The molecule has 1 aromatic carbocycles. The number of amides is 1. The Bertz CT molecular complexity index is 495. The fourth-order valence-electron chi connectivity index (χ4n) is 2.88. The summed E-state index contributed by atoms with van der Waals surface area (Å²) in [5.74, 6) is 0.609. The van der Waals surface area contributed by atoms with Crippen molar-refractivity contribution in [2.24, 2.45) is 11.8 Å². The maximum atomic E-state index is 13.3. The minimum atomic E-state index is -0.458. The summed E-state index contributed by atoms with van der Waals surface area (Å²) in [6.07, 6.45) is 4.88. The van der Waals surface area contributed by atoms with Gasteiger partial charge in [0.2, 0.25) is 0 Å². The number of alkyl halides is 1. The number of rotatable bonds is 5. The Morgan fingerprint density at radius 3 is 2.76 bits per heavy atom. The summed E-state index contributed by atoms with van der Waals surface area (Å²) < 4.78 is 18.2. The Morgan fingerprint density at radius 2 is 2.10 bits per heavy atom. The van der Waals surface area contributed by atoms with Crippen LogP contribution in [0.4, 0.5) is 4.39 Å². The van der Waals surface area contributed by atoms with E-state index in [9.17, 15) is 9.18 Å². The Morgan fingerprint density at radius 1 is 1.38 bits per heavy atom. The molecule has 1 aliphatic carbocycles. The molecule has 0 aromatic heterocycles. The van der Waals surface area contributed by atoms with Crippen molar-refractivity contribution in [3.63, 3.8) is 0 Å². The van der Waals surface area contributed by atoms with Crippen LogP contribution in [0.1, 0.15) is 36.0 Å². The van der Waals surface area contributed by atoms with E-state index in [2.05, 4.69) is 21.2 Å². The van der Waals surface area contributed by atoms with E-state index in [1.54, 1.807) is 0 Å². The van der Waals surface area contributed by atoms with E-state index in [1.165, 1.54) is 44.6 Å². The number of benzene rings is 1. The highest BCUT2D eigenvalue weighted by Gasteiger charge is 2.24. The van der Waals surface area contributed by atoms with Crippen molar-refractivity contribution in [3.05, 3.63) is 29.6 Å². The first kappa shape index (κ1) is 16.3. The van der Waals surface area contributed by atoms with E-state index >= 15 is 0 Å². The fourth-order valence-corrected chi connectivity index (χ4v) is 3.74. The van der Waals surface area contributed by atoms with E-state index in [4.69, 9.17) is 4.74 Å². The van der Waals surface area contributed by atoms with Gasteiger partial charge in [0.05, 0.1) is 7.11 Å². The Balaban J connectivity index is 1.95. The molecule has 1 aliphatic rings. The van der Waals surface area contributed by atoms with Gasteiger partial charge in [-0.3, -0.25) is 4.79 Å². The molecule has 1 aromatic rings. The van der Waals surface area contributed by atoms with Gasteiger partial charge in [-0.15, -0.1) is 0 Å². The number of methoxy groups -OCH3 is 1. The maximum absolute atomic E-state index is 13.3. The van der Waals surface area contributed by atoms with Gasteiger partial charge in [-0.1, -0.05) is 28.8 Å². The highest BCUT2D eigenvalue weighted by Crippen LogP contribution is 2.30. The molecule has 0 spiro atoms. The third-order valence-electron chi connectivity index (χ3n) is 4.20. The minimum Gasteiger partial charge on any atom is -0.494 e. The van der Waals surface area contributed by atoms with Gasteiger partial charge in [-0.25, -0.2) is 4.39 Å². The molecule has 1 N–H and O–H groups in total. The van der Waals surface area contributed by atoms with Crippen molar-refractivity contribution < 1.29 is 13.9 Å². The van der Waals surface area contributed by atoms with Crippen molar-refractivity contribution >= 4 is 21.8 Å². The summed E-state index contributed by atoms with van der Waals surface area (Å²) >= 11 is 3.56. The van der Waals surface area contributed by atoms with E-state index in [0.717, 1.165) is 11.8 Å². The largest absolute Gasteiger partial charge is 0.494 e. The zero-order valence-electron chi connectivity index (χ0n) is 12.2. The molecule has 1 saturated carbocycles. The number of nitrogens with one attached hydrogen (secondary N) is 1. The molecule has 0 heterocycles. The van der Waals surface area contributed by atoms with Crippen LogP contribution in [-0.2, 0) is 0 Å². The monoisotopic (exact) mass is 357 g/mol. The molecular weight excluding hydrogens is 337 g/mol. The van der Waals surface area contributed by atoms with Crippen LogP contribution in [-0.4, -0.2) is 24.9 Å². The lowest BCUT2D eigenvalue weighted by molar-refractivity contribution is 0.0936. The predicted molar refractivity (Wildman–Crippen MR) is 84.5 cm³/mol. The van der Waals surface area contributed by atoms with Gasteiger partial charge in [-0.05, 0) is 42.9 Å². The number of hydrogen-bond acceptors (Lipinski definition) is 2. The Kier molecular flexibility index (Phi) is 6.03. The molecule has 3 nitrogen and oxygen atoms in total. The van der Waals surface area contributed by atoms with Crippen molar-refractivity contribution in [1.82, 2.24) is 5.32 Å². The van der Waals surface area contributed by atoms with Crippen LogP contribution in [0.15, 0.2) is 18.2 Å².